The number of benzene rings is 1. The molecule has 2 aliphatic heterocycles. The number of alkyl halides is 1. The lowest BCUT2D eigenvalue weighted by atomic mass is 9.92. The van der Waals surface area contributed by atoms with Crippen LogP contribution in [-0.4, -0.2) is 58.6 Å². The van der Waals surface area contributed by atoms with Crippen molar-refractivity contribution in [2.24, 2.45) is 0 Å². The van der Waals surface area contributed by atoms with Gasteiger partial charge in [0.2, 0.25) is 0 Å². The summed E-state index contributed by atoms with van der Waals surface area (Å²) in [5.74, 6) is 0.846. The van der Waals surface area contributed by atoms with Crippen LogP contribution < -0.4 is 4.90 Å². The molecular weight excluding hydrogens is 357 g/mol. The van der Waals surface area contributed by atoms with Crippen molar-refractivity contribution in [3.05, 3.63) is 34.9 Å². The molecule has 1 saturated heterocycles. The molecule has 146 valence electrons. The molecule has 0 amide bonds. The lowest BCUT2D eigenvalue weighted by Crippen LogP contribution is -2.54. The molecule has 0 spiro atoms. The van der Waals surface area contributed by atoms with Gasteiger partial charge in [0.05, 0.1) is 17.3 Å². The summed E-state index contributed by atoms with van der Waals surface area (Å²) in [6, 6.07) is 6.89. The number of fused-ring (bicyclic) bond motifs is 1. The van der Waals surface area contributed by atoms with Gasteiger partial charge in [-0.25, -0.2) is 4.39 Å². The number of phenolic OH excluding ortho intramolecular Hbond substituents is 1. The number of hydrogen-bond acceptors (Lipinski definition) is 6. The number of piperidine rings is 1. The van der Waals surface area contributed by atoms with Gasteiger partial charge in [-0.1, -0.05) is 0 Å². The van der Waals surface area contributed by atoms with Gasteiger partial charge in [-0.2, -0.15) is 5.26 Å². The fraction of sp³-hybridized carbons (Fsp3) is 0.476. The van der Waals surface area contributed by atoms with Crippen molar-refractivity contribution in [1.29, 1.82) is 5.26 Å². The van der Waals surface area contributed by atoms with Gasteiger partial charge in [0.15, 0.2) is 5.82 Å². The molecule has 28 heavy (non-hydrogen) atoms. The van der Waals surface area contributed by atoms with Crippen LogP contribution in [0.2, 0.25) is 0 Å². The third-order valence-electron chi connectivity index (χ3n) is 5.80. The largest absolute Gasteiger partial charge is 0.507 e. The zero-order valence-corrected chi connectivity index (χ0v) is 16.4. The van der Waals surface area contributed by atoms with Crippen LogP contribution in [-0.2, 0) is 6.42 Å². The number of likely N-dealkylation sites (tertiary alicyclic amines) is 1. The minimum atomic E-state index is -1.21. The molecule has 1 fully saturated rings. The Balaban J connectivity index is 1.68. The smallest absolute Gasteiger partial charge is 0.155 e. The van der Waals surface area contributed by atoms with E-state index in [0.717, 1.165) is 36.5 Å². The molecule has 1 aromatic carbocycles. The molecule has 3 heterocycles. The van der Waals surface area contributed by atoms with Gasteiger partial charge in [0.1, 0.15) is 11.4 Å². The summed E-state index contributed by atoms with van der Waals surface area (Å²) in [5.41, 5.74) is 2.45. The number of nitriles is 1. The topological polar surface area (TPSA) is 76.3 Å². The van der Waals surface area contributed by atoms with E-state index in [4.69, 9.17) is 5.26 Å². The van der Waals surface area contributed by atoms with E-state index in [1.807, 2.05) is 24.9 Å². The van der Waals surface area contributed by atoms with Crippen molar-refractivity contribution in [1.82, 2.24) is 15.1 Å². The van der Waals surface area contributed by atoms with Gasteiger partial charge in [0, 0.05) is 43.2 Å². The number of likely N-dealkylation sites (N-methyl/N-ethyl adjacent to an activating group) is 1. The van der Waals surface area contributed by atoms with Crippen molar-refractivity contribution >= 4 is 5.82 Å². The van der Waals surface area contributed by atoms with Crippen molar-refractivity contribution in [2.45, 2.75) is 38.4 Å². The van der Waals surface area contributed by atoms with Gasteiger partial charge < -0.3 is 14.9 Å². The Morgan fingerprint density at radius 2 is 2.14 bits per heavy atom. The minimum absolute atomic E-state index is 0.0216. The highest BCUT2D eigenvalue weighted by Crippen LogP contribution is 2.38. The van der Waals surface area contributed by atoms with E-state index in [9.17, 15) is 9.50 Å². The first kappa shape index (κ1) is 18.6. The summed E-state index contributed by atoms with van der Waals surface area (Å²) in [6.45, 7) is 5.70. The standard InChI is InChI=1S/C21H24FN5O/c1-13-16-6-7-27(15-9-21(2,22)12-26(3)11-15)20(16)25-24-19(13)17-5-4-14(10-23)8-18(17)28/h4-5,8,15,28H,6-7,9,11-12H2,1-3H3. The van der Waals surface area contributed by atoms with Gasteiger partial charge in [-0.05, 0) is 51.1 Å². The molecular formula is C21H24FN5O. The first-order valence-electron chi connectivity index (χ1n) is 9.53. The van der Waals surface area contributed by atoms with Crippen molar-refractivity contribution in [2.75, 3.05) is 31.6 Å². The van der Waals surface area contributed by atoms with Gasteiger partial charge in [-0.15, -0.1) is 10.2 Å². The summed E-state index contributed by atoms with van der Waals surface area (Å²) in [6.07, 6.45) is 1.31. The van der Waals surface area contributed by atoms with E-state index in [2.05, 4.69) is 15.1 Å². The van der Waals surface area contributed by atoms with Crippen LogP contribution in [0, 0.1) is 18.3 Å². The minimum Gasteiger partial charge on any atom is -0.507 e. The summed E-state index contributed by atoms with van der Waals surface area (Å²) < 4.78 is 14.7. The lowest BCUT2D eigenvalue weighted by Gasteiger charge is -2.42. The highest BCUT2D eigenvalue weighted by molar-refractivity contribution is 5.73. The average molecular weight is 381 g/mol. The van der Waals surface area contributed by atoms with Crippen molar-refractivity contribution < 1.29 is 9.50 Å². The molecule has 4 rings (SSSR count). The third kappa shape index (κ3) is 3.18. The van der Waals surface area contributed by atoms with E-state index < -0.39 is 5.67 Å². The highest BCUT2D eigenvalue weighted by Gasteiger charge is 2.40. The predicted octanol–water partition coefficient (Wildman–Crippen LogP) is 2.82. The third-order valence-corrected chi connectivity index (χ3v) is 5.80. The molecule has 0 saturated carbocycles. The Hall–Kier alpha value is -2.72. The Morgan fingerprint density at radius 3 is 2.82 bits per heavy atom. The molecule has 0 aliphatic carbocycles. The van der Waals surface area contributed by atoms with Crippen LogP contribution in [0.15, 0.2) is 18.2 Å². The molecule has 2 aliphatic rings. The van der Waals surface area contributed by atoms with E-state index in [-0.39, 0.29) is 11.8 Å². The summed E-state index contributed by atoms with van der Waals surface area (Å²) in [4.78, 5) is 4.22. The second kappa shape index (κ2) is 6.71. The highest BCUT2D eigenvalue weighted by atomic mass is 19.1. The van der Waals surface area contributed by atoms with Crippen LogP contribution in [0.25, 0.3) is 11.3 Å². The van der Waals surface area contributed by atoms with Gasteiger partial charge in [-0.3, -0.25) is 0 Å². The van der Waals surface area contributed by atoms with E-state index >= 15 is 0 Å². The maximum Gasteiger partial charge on any atom is 0.155 e. The Kier molecular flexibility index (Phi) is 4.47. The maximum absolute atomic E-state index is 14.7. The molecule has 0 radical (unpaired) electrons. The first-order valence-corrected chi connectivity index (χ1v) is 9.53. The fourth-order valence-corrected chi connectivity index (χ4v) is 4.64. The van der Waals surface area contributed by atoms with Crippen molar-refractivity contribution in [3.63, 3.8) is 0 Å². The normalized spacial score (nSPS) is 24.8. The zero-order chi connectivity index (χ0) is 20.1. The Morgan fingerprint density at radius 1 is 1.36 bits per heavy atom. The number of hydrogen-bond donors (Lipinski definition) is 1. The van der Waals surface area contributed by atoms with Crippen LogP contribution in [0.5, 0.6) is 5.75 Å². The maximum atomic E-state index is 14.7. The monoisotopic (exact) mass is 381 g/mol. The van der Waals surface area contributed by atoms with Gasteiger partial charge in [0.25, 0.3) is 0 Å². The Labute approximate surface area is 164 Å². The van der Waals surface area contributed by atoms with E-state index in [1.165, 1.54) is 6.07 Å². The quantitative estimate of drug-likeness (QED) is 0.862. The van der Waals surface area contributed by atoms with Crippen molar-refractivity contribution in [3.8, 4) is 23.1 Å². The van der Waals surface area contributed by atoms with E-state index in [0.29, 0.717) is 29.8 Å². The second-order valence-electron chi connectivity index (χ2n) is 8.23. The zero-order valence-electron chi connectivity index (χ0n) is 16.4. The number of rotatable bonds is 2. The van der Waals surface area contributed by atoms with Crippen LogP contribution >= 0.6 is 0 Å². The number of aromatic hydroxyl groups is 1. The summed E-state index contributed by atoms with van der Waals surface area (Å²) >= 11 is 0. The first-order chi connectivity index (χ1) is 13.3. The predicted molar refractivity (Wildman–Crippen MR) is 105 cm³/mol. The van der Waals surface area contributed by atoms with Crippen LogP contribution in [0.3, 0.4) is 0 Å². The molecule has 2 unspecified atom stereocenters. The van der Waals surface area contributed by atoms with Gasteiger partial charge >= 0.3 is 0 Å². The fourth-order valence-electron chi connectivity index (χ4n) is 4.64. The molecule has 7 heteroatoms. The molecule has 1 N–H and O–H groups in total. The molecule has 2 atom stereocenters. The molecule has 6 nitrogen and oxygen atoms in total. The molecule has 2 aromatic rings. The Bertz CT molecular complexity index is 968. The average Bonchev–Trinajstić information content (AvgIpc) is 3.06. The second-order valence-corrected chi connectivity index (χ2v) is 8.23. The van der Waals surface area contributed by atoms with Crippen LogP contribution in [0.4, 0.5) is 10.2 Å². The molecule has 0 bridgehead atoms. The number of nitrogens with zero attached hydrogens (tertiary/aromatic N) is 5. The summed E-state index contributed by atoms with van der Waals surface area (Å²) in [7, 11) is 1.95. The summed E-state index contributed by atoms with van der Waals surface area (Å²) in [5, 5.41) is 28.2. The number of anilines is 1. The van der Waals surface area contributed by atoms with Crippen LogP contribution in [0.1, 0.15) is 30.0 Å². The SMILES string of the molecule is Cc1c(-c2ccc(C#N)cc2O)nnc2c1CCN2C1CN(C)CC(C)(F)C1. The number of phenols is 1. The molecule has 1 aromatic heterocycles. The van der Waals surface area contributed by atoms with E-state index in [1.54, 1.807) is 19.1 Å². The number of halogens is 1. The lowest BCUT2D eigenvalue weighted by molar-refractivity contribution is 0.0617. The number of aromatic nitrogens is 2.